The van der Waals surface area contributed by atoms with Crippen LogP contribution in [0.15, 0.2) is 18.3 Å². The van der Waals surface area contributed by atoms with Crippen LogP contribution in [0.4, 0.5) is 0 Å². The highest BCUT2D eigenvalue weighted by atomic mass is 14.7. The molecule has 0 aromatic carbocycles. The topological polar surface area (TPSA) is 62.7 Å². The Bertz CT molecular complexity index is 262. The predicted molar refractivity (Wildman–Crippen MR) is 36.8 cm³/mol. The lowest BCUT2D eigenvalue weighted by molar-refractivity contribution is 1.05. The molecule has 0 unspecified atom stereocenters. The third-order valence-electron chi connectivity index (χ3n) is 1.17. The molecular formula is C7H7N3. The van der Waals surface area contributed by atoms with Gasteiger partial charge in [0.15, 0.2) is 0 Å². The van der Waals surface area contributed by atoms with Crippen molar-refractivity contribution in [2.75, 3.05) is 0 Å². The molecule has 0 bridgehead atoms. The van der Waals surface area contributed by atoms with Gasteiger partial charge in [-0.05, 0) is 17.7 Å². The summed E-state index contributed by atoms with van der Waals surface area (Å²) in [6.45, 7) is 0.456. The Morgan fingerprint density at radius 3 is 3.10 bits per heavy atom. The van der Waals surface area contributed by atoms with Crippen LogP contribution in [0, 0.1) is 11.3 Å². The van der Waals surface area contributed by atoms with Gasteiger partial charge in [-0.3, -0.25) is 0 Å². The first kappa shape index (κ1) is 6.72. The quantitative estimate of drug-likeness (QED) is 0.603. The monoisotopic (exact) mass is 133 g/mol. The molecule has 0 aliphatic carbocycles. The van der Waals surface area contributed by atoms with E-state index in [1.54, 1.807) is 18.3 Å². The van der Waals surface area contributed by atoms with Crippen LogP contribution < -0.4 is 5.73 Å². The fourth-order valence-corrected chi connectivity index (χ4v) is 0.662. The van der Waals surface area contributed by atoms with Crippen molar-refractivity contribution in [3.63, 3.8) is 0 Å². The summed E-state index contributed by atoms with van der Waals surface area (Å²) in [6.07, 6.45) is 1.58. The highest BCUT2D eigenvalue weighted by Gasteiger charge is 1.91. The Kier molecular flexibility index (Phi) is 1.98. The number of rotatable bonds is 1. The van der Waals surface area contributed by atoms with Gasteiger partial charge in [-0.25, -0.2) is 4.98 Å². The van der Waals surface area contributed by atoms with Crippen molar-refractivity contribution in [2.24, 2.45) is 5.73 Å². The first-order chi connectivity index (χ1) is 4.86. The summed E-state index contributed by atoms with van der Waals surface area (Å²) < 4.78 is 0. The Balaban J connectivity index is 3.01. The van der Waals surface area contributed by atoms with Gasteiger partial charge >= 0.3 is 0 Å². The van der Waals surface area contributed by atoms with Gasteiger partial charge in [0.2, 0.25) is 0 Å². The third kappa shape index (κ3) is 1.30. The summed E-state index contributed by atoms with van der Waals surface area (Å²) in [5.41, 5.74) is 6.69. The van der Waals surface area contributed by atoms with Crippen LogP contribution in [0.2, 0.25) is 0 Å². The highest BCUT2D eigenvalue weighted by molar-refractivity contribution is 5.24. The number of hydrogen-bond acceptors (Lipinski definition) is 3. The van der Waals surface area contributed by atoms with Crippen LogP contribution in [-0.2, 0) is 6.54 Å². The molecule has 0 atom stereocenters. The van der Waals surface area contributed by atoms with E-state index in [0.29, 0.717) is 12.2 Å². The average molecular weight is 133 g/mol. The van der Waals surface area contributed by atoms with Crippen LogP contribution in [-0.4, -0.2) is 4.98 Å². The standard InChI is InChI=1S/C7H7N3/c8-4-6-1-2-10-7(3-6)5-9/h1-3H,4,8H2. The second kappa shape index (κ2) is 2.95. The van der Waals surface area contributed by atoms with Gasteiger partial charge in [0.05, 0.1) is 0 Å². The molecule has 1 aromatic heterocycles. The molecule has 0 saturated heterocycles. The molecule has 0 spiro atoms. The summed E-state index contributed by atoms with van der Waals surface area (Å²) in [5.74, 6) is 0. The van der Waals surface area contributed by atoms with Gasteiger partial charge in [0.1, 0.15) is 11.8 Å². The fourth-order valence-electron chi connectivity index (χ4n) is 0.662. The Morgan fingerprint density at radius 2 is 2.50 bits per heavy atom. The van der Waals surface area contributed by atoms with E-state index in [2.05, 4.69) is 4.98 Å². The van der Waals surface area contributed by atoms with E-state index < -0.39 is 0 Å². The van der Waals surface area contributed by atoms with Crippen molar-refractivity contribution < 1.29 is 0 Å². The van der Waals surface area contributed by atoms with Crippen molar-refractivity contribution in [3.8, 4) is 6.07 Å². The molecule has 50 valence electrons. The molecular weight excluding hydrogens is 126 g/mol. The maximum absolute atomic E-state index is 8.40. The summed E-state index contributed by atoms with van der Waals surface area (Å²) in [7, 11) is 0. The van der Waals surface area contributed by atoms with E-state index >= 15 is 0 Å². The molecule has 1 aromatic rings. The second-order valence-electron chi connectivity index (χ2n) is 1.87. The van der Waals surface area contributed by atoms with Gasteiger partial charge in [-0.15, -0.1) is 0 Å². The van der Waals surface area contributed by atoms with Crippen molar-refractivity contribution >= 4 is 0 Å². The molecule has 10 heavy (non-hydrogen) atoms. The molecule has 3 nitrogen and oxygen atoms in total. The van der Waals surface area contributed by atoms with Gasteiger partial charge in [0, 0.05) is 12.7 Å². The molecule has 0 radical (unpaired) electrons. The Morgan fingerprint density at radius 1 is 1.70 bits per heavy atom. The van der Waals surface area contributed by atoms with Crippen LogP contribution in [0.1, 0.15) is 11.3 Å². The first-order valence-electron chi connectivity index (χ1n) is 2.92. The SMILES string of the molecule is N#Cc1cc(CN)ccn1. The lowest BCUT2D eigenvalue weighted by Gasteiger charge is -1.93. The Labute approximate surface area is 59.1 Å². The minimum atomic E-state index is 0.419. The van der Waals surface area contributed by atoms with Gasteiger partial charge in [-0.2, -0.15) is 5.26 Å². The van der Waals surface area contributed by atoms with E-state index in [9.17, 15) is 0 Å². The number of hydrogen-bond donors (Lipinski definition) is 1. The molecule has 2 N–H and O–H groups in total. The molecule has 0 saturated carbocycles. The predicted octanol–water partition coefficient (Wildman–Crippen LogP) is 0.412. The zero-order chi connectivity index (χ0) is 7.40. The van der Waals surface area contributed by atoms with Crippen molar-refractivity contribution in [1.82, 2.24) is 4.98 Å². The lowest BCUT2D eigenvalue weighted by atomic mass is 10.2. The van der Waals surface area contributed by atoms with Crippen LogP contribution in [0.3, 0.4) is 0 Å². The summed E-state index contributed by atoms with van der Waals surface area (Å²) in [4.78, 5) is 3.79. The largest absolute Gasteiger partial charge is 0.326 e. The number of nitrogens with zero attached hydrogens (tertiary/aromatic N) is 2. The third-order valence-corrected chi connectivity index (χ3v) is 1.17. The molecule has 1 rings (SSSR count). The fraction of sp³-hybridized carbons (Fsp3) is 0.143. The van der Waals surface area contributed by atoms with E-state index in [1.807, 2.05) is 6.07 Å². The number of nitrogens with two attached hydrogens (primary N) is 1. The highest BCUT2D eigenvalue weighted by Crippen LogP contribution is 1.98. The minimum absolute atomic E-state index is 0.419. The van der Waals surface area contributed by atoms with Crippen LogP contribution >= 0.6 is 0 Å². The molecule has 0 fully saturated rings. The van der Waals surface area contributed by atoms with Crippen molar-refractivity contribution in [3.05, 3.63) is 29.6 Å². The van der Waals surface area contributed by atoms with Crippen molar-refractivity contribution in [2.45, 2.75) is 6.54 Å². The normalized spacial score (nSPS) is 8.80. The maximum atomic E-state index is 8.40. The van der Waals surface area contributed by atoms with E-state index in [1.165, 1.54) is 0 Å². The Hall–Kier alpha value is -1.40. The van der Waals surface area contributed by atoms with Gasteiger partial charge in [0.25, 0.3) is 0 Å². The van der Waals surface area contributed by atoms with Gasteiger partial charge < -0.3 is 5.73 Å². The summed E-state index contributed by atoms with van der Waals surface area (Å²) >= 11 is 0. The molecule has 1 heterocycles. The number of pyridine rings is 1. The van der Waals surface area contributed by atoms with Crippen LogP contribution in [0.25, 0.3) is 0 Å². The zero-order valence-electron chi connectivity index (χ0n) is 5.41. The van der Waals surface area contributed by atoms with E-state index in [4.69, 9.17) is 11.0 Å². The molecule has 3 heteroatoms. The van der Waals surface area contributed by atoms with Gasteiger partial charge in [-0.1, -0.05) is 0 Å². The summed E-state index contributed by atoms with van der Waals surface area (Å²) in [5, 5.41) is 8.40. The number of aromatic nitrogens is 1. The number of nitriles is 1. The molecule has 0 aliphatic heterocycles. The minimum Gasteiger partial charge on any atom is -0.326 e. The van der Waals surface area contributed by atoms with E-state index in [0.717, 1.165) is 5.56 Å². The lowest BCUT2D eigenvalue weighted by Crippen LogP contribution is -1.96. The zero-order valence-corrected chi connectivity index (χ0v) is 5.41. The maximum Gasteiger partial charge on any atom is 0.140 e. The van der Waals surface area contributed by atoms with Crippen LogP contribution in [0.5, 0.6) is 0 Å². The second-order valence-corrected chi connectivity index (χ2v) is 1.87. The molecule has 0 aliphatic rings. The van der Waals surface area contributed by atoms with Crippen molar-refractivity contribution in [1.29, 1.82) is 5.26 Å². The summed E-state index contributed by atoms with van der Waals surface area (Å²) in [6, 6.07) is 5.41. The smallest absolute Gasteiger partial charge is 0.140 e. The first-order valence-corrected chi connectivity index (χ1v) is 2.92. The average Bonchev–Trinajstić information content (AvgIpc) is 2.05. The van der Waals surface area contributed by atoms with E-state index in [-0.39, 0.29) is 0 Å². The molecule has 0 amide bonds.